The number of fused-ring (bicyclic) bond motifs is 1. The van der Waals surface area contributed by atoms with Crippen molar-refractivity contribution < 1.29 is 15.0 Å². The first-order valence-electron chi connectivity index (χ1n) is 4.65. The van der Waals surface area contributed by atoms with Crippen molar-refractivity contribution in [1.82, 2.24) is 4.90 Å². The monoisotopic (exact) mass is 196 g/mol. The SMILES string of the molecule is N#CC1(O)C[C@H]2CN(C(=O)O)C[C@H]2C1. The molecular formula is C9H12N2O3. The van der Waals surface area contributed by atoms with E-state index >= 15 is 0 Å². The van der Waals surface area contributed by atoms with Gasteiger partial charge in [0.2, 0.25) is 0 Å². The number of aliphatic hydroxyl groups is 1. The molecule has 1 amide bonds. The van der Waals surface area contributed by atoms with Crippen molar-refractivity contribution in [3.63, 3.8) is 0 Å². The maximum absolute atomic E-state index is 10.7. The van der Waals surface area contributed by atoms with Crippen molar-refractivity contribution in [2.24, 2.45) is 11.8 Å². The predicted molar refractivity (Wildman–Crippen MR) is 46.4 cm³/mol. The van der Waals surface area contributed by atoms with Crippen molar-refractivity contribution in [3.8, 4) is 6.07 Å². The van der Waals surface area contributed by atoms with Gasteiger partial charge < -0.3 is 15.1 Å². The molecule has 0 bridgehead atoms. The molecule has 14 heavy (non-hydrogen) atoms. The fourth-order valence-electron chi connectivity index (χ4n) is 2.60. The van der Waals surface area contributed by atoms with Crippen molar-refractivity contribution in [3.05, 3.63) is 0 Å². The normalized spacial score (nSPS) is 40.7. The summed E-state index contributed by atoms with van der Waals surface area (Å²) in [6.45, 7) is 0.925. The first-order valence-corrected chi connectivity index (χ1v) is 4.65. The van der Waals surface area contributed by atoms with E-state index < -0.39 is 11.7 Å². The van der Waals surface area contributed by atoms with E-state index in [4.69, 9.17) is 10.4 Å². The summed E-state index contributed by atoms with van der Waals surface area (Å²) in [6.07, 6.45) is -0.0736. The predicted octanol–water partition coefficient (Wildman–Crippen LogP) is 0.261. The maximum atomic E-state index is 10.7. The molecule has 2 aliphatic rings. The number of rotatable bonds is 0. The lowest BCUT2D eigenvalue weighted by Gasteiger charge is -2.17. The minimum absolute atomic E-state index is 0.163. The number of hydrogen-bond acceptors (Lipinski definition) is 3. The van der Waals surface area contributed by atoms with Crippen LogP contribution in [0.15, 0.2) is 0 Å². The second-order valence-electron chi connectivity index (χ2n) is 4.26. The summed E-state index contributed by atoms with van der Waals surface area (Å²) in [7, 11) is 0. The number of nitrogens with zero attached hydrogens (tertiary/aromatic N) is 2. The third kappa shape index (κ3) is 1.32. The molecule has 2 rings (SSSR count). The zero-order valence-corrected chi connectivity index (χ0v) is 7.68. The molecule has 0 aromatic heterocycles. The first kappa shape index (κ1) is 9.28. The topological polar surface area (TPSA) is 84.6 Å². The Morgan fingerprint density at radius 3 is 2.29 bits per heavy atom. The van der Waals surface area contributed by atoms with Gasteiger partial charge in [-0.15, -0.1) is 0 Å². The molecule has 1 saturated carbocycles. The van der Waals surface area contributed by atoms with Gasteiger partial charge in [0.25, 0.3) is 0 Å². The van der Waals surface area contributed by atoms with Gasteiger partial charge in [-0.1, -0.05) is 0 Å². The summed E-state index contributed by atoms with van der Waals surface area (Å²) in [5.41, 5.74) is -1.21. The zero-order valence-electron chi connectivity index (χ0n) is 7.68. The molecule has 1 unspecified atom stereocenters. The molecule has 0 spiro atoms. The summed E-state index contributed by atoms with van der Waals surface area (Å²) in [6, 6.07) is 1.90. The molecule has 1 aliphatic carbocycles. The van der Waals surface area contributed by atoms with E-state index in [0.717, 1.165) is 0 Å². The van der Waals surface area contributed by atoms with Gasteiger partial charge in [0.1, 0.15) is 0 Å². The molecule has 0 aromatic carbocycles. The number of amides is 1. The molecular weight excluding hydrogens is 184 g/mol. The van der Waals surface area contributed by atoms with Gasteiger partial charge in [0, 0.05) is 13.1 Å². The second-order valence-corrected chi connectivity index (χ2v) is 4.26. The average molecular weight is 196 g/mol. The van der Waals surface area contributed by atoms with E-state index in [1.807, 2.05) is 6.07 Å². The number of carboxylic acid groups (broad SMARTS) is 1. The molecule has 76 valence electrons. The van der Waals surface area contributed by atoms with Crippen LogP contribution >= 0.6 is 0 Å². The maximum Gasteiger partial charge on any atom is 0.407 e. The molecule has 1 aliphatic heterocycles. The molecule has 1 saturated heterocycles. The van der Waals surface area contributed by atoms with E-state index in [9.17, 15) is 9.90 Å². The Morgan fingerprint density at radius 2 is 1.93 bits per heavy atom. The van der Waals surface area contributed by atoms with Gasteiger partial charge in [0.05, 0.1) is 6.07 Å². The summed E-state index contributed by atoms with van der Waals surface area (Å²) < 4.78 is 0. The quantitative estimate of drug-likeness (QED) is 0.544. The van der Waals surface area contributed by atoms with E-state index in [2.05, 4.69) is 0 Å². The molecule has 1 heterocycles. The first-order chi connectivity index (χ1) is 6.54. The summed E-state index contributed by atoms with van der Waals surface area (Å²) in [4.78, 5) is 12.0. The van der Waals surface area contributed by atoms with Gasteiger partial charge in [-0.2, -0.15) is 5.26 Å². The fourth-order valence-corrected chi connectivity index (χ4v) is 2.60. The lowest BCUT2D eigenvalue weighted by atomic mass is 10.0. The van der Waals surface area contributed by atoms with Gasteiger partial charge in [0.15, 0.2) is 5.60 Å². The Kier molecular flexibility index (Phi) is 1.89. The Balaban J connectivity index is 2.04. The number of likely N-dealkylation sites (tertiary alicyclic amines) is 1. The van der Waals surface area contributed by atoms with Crippen molar-refractivity contribution in [1.29, 1.82) is 5.26 Å². The van der Waals surface area contributed by atoms with Gasteiger partial charge >= 0.3 is 6.09 Å². The van der Waals surface area contributed by atoms with E-state index in [-0.39, 0.29) is 11.8 Å². The molecule has 5 nitrogen and oxygen atoms in total. The highest BCUT2D eigenvalue weighted by molar-refractivity contribution is 5.65. The van der Waals surface area contributed by atoms with Crippen LogP contribution in [0.25, 0.3) is 0 Å². The van der Waals surface area contributed by atoms with Crippen LogP contribution < -0.4 is 0 Å². The van der Waals surface area contributed by atoms with Crippen LogP contribution in [-0.4, -0.2) is 39.9 Å². The van der Waals surface area contributed by atoms with Gasteiger partial charge in [-0.05, 0) is 24.7 Å². The fraction of sp³-hybridized carbons (Fsp3) is 0.778. The third-order valence-corrected chi connectivity index (χ3v) is 3.25. The number of carbonyl (C=O) groups is 1. The number of nitriles is 1. The summed E-state index contributed by atoms with van der Waals surface area (Å²) in [5, 5.41) is 27.2. The Bertz CT molecular complexity index is 296. The second kappa shape index (κ2) is 2.85. The van der Waals surface area contributed by atoms with Crippen LogP contribution in [0.4, 0.5) is 4.79 Å². The largest absolute Gasteiger partial charge is 0.465 e. The molecule has 5 heteroatoms. The third-order valence-electron chi connectivity index (χ3n) is 3.25. The van der Waals surface area contributed by atoms with Gasteiger partial charge in [-0.3, -0.25) is 0 Å². The highest BCUT2D eigenvalue weighted by Gasteiger charge is 2.49. The Hall–Kier alpha value is -1.28. The van der Waals surface area contributed by atoms with Crippen LogP contribution in [0.2, 0.25) is 0 Å². The molecule has 0 radical (unpaired) electrons. The minimum atomic E-state index is -1.21. The molecule has 2 N–H and O–H groups in total. The summed E-state index contributed by atoms with van der Waals surface area (Å²) in [5.74, 6) is 0.325. The van der Waals surface area contributed by atoms with Crippen LogP contribution in [0.5, 0.6) is 0 Å². The molecule has 3 atom stereocenters. The standard InChI is InChI=1S/C9H12N2O3/c10-5-9(14)1-6-3-11(8(12)13)4-7(6)2-9/h6-7,14H,1-4H2,(H,12,13)/t6-,7+,9?. The lowest BCUT2D eigenvalue weighted by Crippen LogP contribution is -2.31. The van der Waals surface area contributed by atoms with Gasteiger partial charge in [-0.25, -0.2) is 4.79 Å². The van der Waals surface area contributed by atoms with Crippen molar-refractivity contribution >= 4 is 6.09 Å². The molecule has 2 fully saturated rings. The van der Waals surface area contributed by atoms with E-state index in [1.54, 1.807) is 0 Å². The number of hydrogen-bond donors (Lipinski definition) is 2. The summed E-state index contributed by atoms with van der Waals surface area (Å²) >= 11 is 0. The zero-order chi connectivity index (χ0) is 10.3. The van der Waals surface area contributed by atoms with Crippen LogP contribution in [0, 0.1) is 23.2 Å². The smallest absolute Gasteiger partial charge is 0.407 e. The van der Waals surface area contributed by atoms with Crippen molar-refractivity contribution in [2.75, 3.05) is 13.1 Å². The highest BCUT2D eigenvalue weighted by atomic mass is 16.4. The van der Waals surface area contributed by atoms with Crippen LogP contribution in [0.1, 0.15) is 12.8 Å². The van der Waals surface area contributed by atoms with Crippen LogP contribution in [0.3, 0.4) is 0 Å². The van der Waals surface area contributed by atoms with E-state index in [1.165, 1.54) is 4.90 Å². The Labute approximate surface area is 81.5 Å². The van der Waals surface area contributed by atoms with E-state index in [0.29, 0.717) is 25.9 Å². The average Bonchev–Trinajstić information content (AvgIpc) is 2.59. The molecule has 0 aromatic rings. The highest BCUT2D eigenvalue weighted by Crippen LogP contribution is 2.43. The lowest BCUT2D eigenvalue weighted by molar-refractivity contribution is 0.0895. The van der Waals surface area contributed by atoms with Crippen LogP contribution in [-0.2, 0) is 0 Å². The Morgan fingerprint density at radius 1 is 1.43 bits per heavy atom. The minimum Gasteiger partial charge on any atom is -0.465 e. The van der Waals surface area contributed by atoms with Crippen molar-refractivity contribution in [2.45, 2.75) is 18.4 Å².